The summed E-state index contributed by atoms with van der Waals surface area (Å²) in [5.74, 6) is -1.89. The van der Waals surface area contributed by atoms with Gasteiger partial charge in [0.15, 0.2) is 0 Å². The Balaban J connectivity index is 2.48. The number of rotatable bonds is 1. The third kappa shape index (κ3) is 1.35. The summed E-state index contributed by atoms with van der Waals surface area (Å²) < 4.78 is 4.91. The number of ether oxygens (including phenoxy) is 1. The minimum Gasteiger partial charge on any atom is -0.481 e. The van der Waals surface area contributed by atoms with Gasteiger partial charge in [0.05, 0.1) is 12.3 Å². The van der Waals surface area contributed by atoms with E-state index in [2.05, 4.69) is 0 Å². The van der Waals surface area contributed by atoms with Crippen molar-refractivity contribution in [2.24, 2.45) is 0 Å². The normalized spacial score (nSPS) is 19.7. The quantitative estimate of drug-likeness (QED) is 0.535. The molecular weight excluding hydrogens is 184 g/mol. The van der Waals surface area contributed by atoms with Gasteiger partial charge in [0.25, 0.3) is 0 Å². The molecule has 0 fully saturated rings. The van der Waals surface area contributed by atoms with Crippen LogP contribution in [0.15, 0.2) is 24.3 Å². The molecule has 0 spiro atoms. The van der Waals surface area contributed by atoms with E-state index in [0.717, 1.165) is 0 Å². The standard InChI is InChI=1S/C10H8O4/c11-9-5-7(10(12)13)6-3-1-2-4-8(6)14-9/h1-4,7H,5H2,(H,12,13)/t7-/m0/s1. The number of aliphatic carboxylic acids is 1. The van der Waals surface area contributed by atoms with Crippen molar-refractivity contribution in [3.8, 4) is 5.75 Å². The first-order valence-electron chi connectivity index (χ1n) is 4.21. The zero-order valence-electron chi connectivity index (χ0n) is 7.27. The number of carboxylic acid groups (broad SMARTS) is 1. The molecule has 1 aliphatic heterocycles. The SMILES string of the molecule is O=C1C[C@H](C(=O)O)c2ccccc2O1. The minimum absolute atomic E-state index is 0.0909. The predicted octanol–water partition coefficient (Wildman–Crippen LogP) is 1.16. The van der Waals surface area contributed by atoms with Crippen molar-refractivity contribution < 1.29 is 19.4 Å². The van der Waals surface area contributed by atoms with Gasteiger partial charge in [-0.1, -0.05) is 18.2 Å². The van der Waals surface area contributed by atoms with E-state index in [-0.39, 0.29) is 6.42 Å². The molecule has 1 aromatic carbocycles. The summed E-state index contributed by atoms with van der Waals surface area (Å²) in [6.07, 6.45) is -0.0909. The molecule has 0 bridgehead atoms. The third-order valence-corrected chi connectivity index (χ3v) is 2.19. The molecule has 1 aromatic rings. The Morgan fingerprint density at radius 2 is 2.14 bits per heavy atom. The number of carbonyl (C=O) groups excluding carboxylic acids is 1. The number of benzene rings is 1. The summed E-state index contributed by atoms with van der Waals surface area (Å²) in [7, 11) is 0. The van der Waals surface area contributed by atoms with Gasteiger partial charge < -0.3 is 9.84 Å². The Kier molecular flexibility index (Phi) is 1.96. The van der Waals surface area contributed by atoms with E-state index in [1.54, 1.807) is 24.3 Å². The van der Waals surface area contributed by atoms with Crippen LogP contribution in [0.4, 0.5) is 0 Å². The molecule has 1 heterocycles. The fourth-order valence-corrected chi connectivity index (χ4v) is 1.52. The van der Waals surface area contributed by atoms with Crippen LogP contribution in [-0.4, -0.2) is 17.0 Å². The minimum atomic E-state index is -0.992. The number of para-hydroxylation sites is 1. The number of hydrogen-bond acceptors (Lipinski definition) is 3. The maximum absolute atomic E-state index is 11.1. The molecule has 1 atom stereocenters. The Labute approximate surface area is 80.1 Å². The van der Waals surface area contributed by atoms with Crippen LogP contribution in [0.25, 0.3) is 0 Å². The van der Waals surface area contributed by atoms with Crippen LogP contribution >= 0.6 is 0 Å². The first-order chi connectivity index (χ1) is 6.68. The van der Waals surface area contributed by atoms with Gasteiger partial charge >= 0.3 is 11.9 Å². The highest BCUT2D eigenvalue weighted by atomic mass is 16.5. The van der Waals surface area contributed by atoms with Crippen LogP contribution < -0.4 is 4.74 Å². The van der Waals surface area contributed by atoms with Crippen molar-refractivity contribution in [1.82, 2.24) is 0 Å². The Hall–Kier alpha value is -1.84. The lowest BCUT2D eigenvalue weighted by atomic mass is 9.93. The highest BCUT2D eigenvalue weighted by Gasteiger charge is 2.31. The molecular formula is C10H8O4. The molecule has 1 N–H and O–H groups in total. The van der Waals surface area contributed by atoms with Gasteiger partial charge in [-0.25, -0.2) is 0 Å². The van der Waals surface area contributed by atoms with Crippen molar-refractivity contribution in [1.29, 1.82) is 0 Å². The molecule has 72 valence electrons. The molecule has 0 amide bonds. The van der Waals surface area contributed by atoms with E-state index in [0.29, 0.717) is 11.3 Å². The highest BCUT2D eigenvalue weighted by molar-refractivity contribution is 5.87. The molecule has 0 saturated heterocycles. The molecule has 4 nitrogen and oxygen atoms in total. The van der Waals surface area contributed by atoms with Crippen molar-refractivity contribution in [2.45, 2.75) is 12.3 Å². The fourth-order valence-electron chi connectivity index (χ4n) is 1.52. The van der Waals surface area contributed by atoms with Crippen LogP contribution in [0.2, 0.25) is 0 Å². The lowest BCUT2D eigenvalue weighted by Gasteiger charge is -2.20. The molecule has 0 saturated carbocycles. The zero-order chi connectivity index (χ0) is 10.1. The van der Waals surface area contributed by atoms with E-state index in [1.165, 1.54) is 0 Å². The smallest absolute Gasteiger partial charge is 0.312 e. The van der Waals surface area contributed by atoms with Crippen LogP contribution in [0.1, 0.15) is 17.9 Å². The van der Waals surface area contributed by atoms with Crippen molar-refractivity contribution in [3.05, 3.63) is 29.8 Å². The Morgan fingerprint density at radius 1 is 1.43 bits per heavy atom. The number of carbonyl (C=O) groups is 2. The second-order valence-electron chi connectivity index (χ2n) is 3.11. The van der Waals surface area contributed by atoms with Crippen LogP contribution in [0.5, 0.6) is 5.75 Å². The third-order valence-electron chi connectivity index (χ3n) is 2.19. The molecule has 4 heteroatoms. The highest BCUT2D eigenvalue weighted by Crippen LogP contribution is 2.33. The van der Waals surface area contributed by atoms with Crippen LogP contribution in [0, 0.1) is 0 Å². The summed E-state index contributed by atoms with van der Waals surface area (Å²) in [5, 5.41) is 8.90. The van der Waals surface area contributed by atoms with E-state index < -0.39 is 17.9 Å². The predicted molar refractivity (Wildman–Crippen MR) is 47.1 cm³/mol. The number of fused-ring (bicyclic) bond motifs is 1. The average Bonchev–Trinajstić information content (AvgIpc) is 2.16. The first kappa shape index (κ1) is 8.74. The topological polar surface area (TPSA) is 63.6 Å². The van der Waals surface area contributed by atoms with Crippen molar-refractivity contribution in [3.63, 3.8) is 0 Å². The molecule has 0 aromatic heterocycles. The molecule has 0 aliphatic carbocycles. The van der Waals surface area contributed by atoms with Crippen LogP contribution in [0.3, 0.4) is 0 Å². The second kappa shape index (κ2) is 3.14. The van der Waals surface area contributed by atoms with E-state index in [1.807, 2.05) is 0 Å². The lowest BCUT2D eigenvalue weighted by molar-refractivity contribution is -0.145. The zero-order valence-corrected chi connectivity index (χ0v) is 7.27. The maximum atomic E-state index is 11.1. The average molecular weight is 192 g/mol. The summed E-state index contributed by atoms with van der Waals surface area (Å²) in [6, 6.07) is 6.70. The van der Waals surface area contributed by atoms with Crippen LogP contribution in [-0.2, 0) is 9.59 Å². The molecule has 14 heavy (non-hydrogen) atoms. The van der Waals surface area contributed by atoms with Gasteiger partial charge in [-0.2, -0.15) is 0 Å². The van der Waals surface area contributed by atoms with E-state index in [9.17, 15) is 9.59 Å². The molecule has 0 unspecified atom stereocenters. The summed E-state index contributed by atoms with van der Waals surface area (Å²) >= 11 is 0. The molecule has 2 rings (SSSR count). The van der Waals surface area contributed by atoms with Gasteiger partial charge in [0.1, 0.15) is 5.75 Å². The Bertz CT molecular complexity index is 397. The van der Waals surface area contributed by atoms with Gasteiger partial charge in [-0.3, -0.25) is 9.59 Å². The van der Waals surface area contributed by atoms with Crippen molar-refractivity contribution >= 4 is 11.9 Å². The summed E-state index contributed by atoms with van der Waals surface area (Å²) in [6.45, 7) is 0. The fraction of sp³-hybridized carbons (Fsp3) is 0.200. The van der Waals surface area contributed by atoms with Gasteiger partial charge in [-0.05, 0) is 6.07 Å². The maximum Gasteiger partial charge on any atom is 0.312 e. The van der Waals surface area contributed by atoms with Gasteiger partial charge in [0.2, 0.25) is 0 Å². The Morgan fingerprint density at radius 3 is 2.86 bits per heavy atom. The number of hydrogen-bond donors (Lipinski definition) is 1. The summed E-state index contributed by atoms with van der Waals surface area (Å²) in [4.78, 5) is 21.9. The van der Waals surface area contributed by atoms with E-state index >= 15 is 0 Å². The molecule has 1 aliphatic rings. The monoisotopic (exact) mass is 192 g/mol. The lowest BCUT2D eigenvalue weighted by Crippen LogP contribution is -2.25. The number of esters is 1. The summed E-state index contributed by atoms with van der Waals surface area (Å²) in [5.41, 5.74) is 0.569. The van der Waals surface area contributed by atoms with Gasteiger partial charge in [0, 0.05) is 5.56 Å². The number of carboxylic acids is 1. The van der Waals surface area contributed by atoms with Crippen molar-refractivity contribution in [2.75, 3.05) is 0 Å². The van der Waals surface area contributed by atoms with E-state index in [4.69, 9.17) is 9.84 Å². The largest absolute Gasteiger partial charge is 0.481 e. The second-order valence-corrected chi connectivity index (χ2v) is 3.11. The van der Waals surface area contributed by atoms with Gasteiger partial charge in [-0.15, -0.1) is 0 Å². The first-order valence-corrected chi connectivity index (χ1v) is 4.21. The molecule has 0 radical (unpaired) electrons.